The van der Waals surface area contributed by atoms with Crippen molar-refractivity contribution in [1.82, 2.24) is 19.7 Å². The minimum Gasteiger partial charge on any atom is -0.507 e. The van der Waals surface area contributed by atoms with E-state index in [1.54, 1.807) is 6.07 Å². The maximum absolute atomic E-state index is 13.3. The first kappa shape index (κ1) is 13.7. The Kier molecular flexibility index (Phi) is 3.00. The lowest BCUT2D eigenvalue weighted by Gasteiger charge is -2.02. The fourth-order valence-corrected chi connectivity index (χ4v) is 2.85. The molecule has 0 spiro atoms. The van der Waals surface area contributed by atoms with Crippen LogP contribution >= 0.6 is 0 Å². The summed E-state index contributed by atoms with van der Waals surface area (Å²) in [5.41, 5.74) is 0.933. The maximum atomic E-state index is 13.3. The molecule has 0 aliphatic carbocycles. The van der Waals surface area contributed by atoms with Gasteiger partial charge in [0.1, 0.15) is 17.4 Å². The number of rotatable bonds is 3. The van der Waals surface area contributed by atoms with Crippen LogP contribution in [0.3, 0.4) is 0 Å². The molecule has 116 valence electrons. The molecule has 3 aromatic rings. The summed E-state index contributed by atoms with van der Waals surface area (Å²) >= 11 is 0. The molecular formula is C16H13FN4O2. The molecule has 1 aliphatic rings. The number of carbonyl (C=O) groups is 1. The highest BCUT2D eigenvalue weighted by Crippen LogP contribution is 2.26. The monoisotopic (exact) mass is 312 g/mol. The van der Waals surface area contributed by atoms with E-state index < -0.39 is 11.6 Å². The average Bonchev–Trinajstić information content (AvgIpc) is 3.23. The third-order valence-electron chi connectivity index (χ3n) is 4.00. The van der Waals surface area contributed by atoms with Crippen LogP contribution in [-0.2, 0) is 13.0 Å². The number of H-pyrrole nitrogens is 1. The van der Waals surface area contributed by atoms with Crippen molar-refractivity contribution in [1.29, 1.82) is 0 Å². The standard InChI is InChI=1S/C16H13FN4O2/c17-10-3-4-13(22)11(7-10)15(23)9-6-12(18-8-9)16-20-19-14-2-1-5-21(14)16/h3-4,6-8,18,22H,1-2,5H2. The van der Waals surface area contributed by atoms with E-state index in [1.165, 1.54) is 12.3 Å². The quantitative estimate of drug-likeness (QED) is 0.727. The molecule has 0 fully saturated rings. The zero-order valence-electron chi connectivity index (χ0n) is 12.1. The number of phenols is 1. The van der Waals surface area contributed by atoms with Crippen molar-refractivity contribution in [3.8, 4) is 17.3 Å². The highest BCUT2D eigenvalue weighted by Gasteiger charge is 2.21. The van der Waals surface area contributed by atoms with Gasteiger partial charge in [0.25, 0.3) is 0 Å². The van der Waals surface area contributed by atoms with Gasteiger partial charge in [0.05, 0.1) is 11.3 Å². The summed E-state index contributed by atoms with van der Waals surface area (Å²) in [6.07, 6.45) is 3.46. The number of benzene rings is 1. The number of aromatic amines is 1. The Hall–Kier alpha value is -2.96. The first-order valence-corrected chi connectivity index (χ1v) is 7.27. The first-order valence-electron chi connectivity index (χ1n) is 7.27. The number of aromatic hydroxyl groups is 1. The molecule has 0 radical (unpaired) electrons. The SMILES string of the molecule is O=C(c1c[nH]c(-c2nnc3n2CCC3)c1)c1cc(F)ccc1O. The summed E-state index contributed by atoms with van der Waals surface area (Å²) in [6, 6.07) is 4.94. The first-order chi connectivity index (χ1) is 11.1. The van der Waals surface area contributed by atoms with Crippen LogP contribution in [-0.4, -0.2) is 30.6 Å². The molecule has 0 amide bonds. The molecule has 4 rings (SSSR count). The lowest BCUT2D eigenvalue weighted by molar-refractivity contribution is 0.103. The zero-order chi connectivity index (χ0) is 16.0. The predicted molar refractivity (Wildman–Crippen MR) is 79.6 cm³/mol. The minimum absolute atomic E-state index is 0.0676. The molecule has 0 bridgehead atoms. The lowest BCUT2D eigenvalue weighted by atomic mass is 10.0. The average molecular weight is 312 g/mol. The van der Waals surface area contributed by atoms with Crippen LogP contribution in [0.25, 0.3) is 11.5 Å². The molecule has 0 saturated carbocycles. The topological polar surface area (TPSA) is 83.8 Å². The second-order valence-corrected chi connectivity index (χ2v) is 5.49. The molecule has 3 heterocycles. The molecule has 6 nitrogen and oxygen atoms in total. The van der Waals surface area contributed by atoms with Crippen LogP contribution in [0.15, 0.2) is 30.5 Å². The molecule has 2 aromatic heterocycles. The third kappa shape index (κ3) is 2.21. The van der Waals surface area contributed by atoms with Crippen molar-refractivity contribution in [3.63, 3.8) is 0 Å². The van der Waals surface area contributed by atoms with E-state index in [9.17, 15) is 14.3 Å². The lowest BCUT2D eigenvalue weighted by Crippen LogP contribution is -2.01. The summed E-state index contributed by atoms with van der Waals surface area (Å²) in [5.74, 6) is 0.343. The van der Waals surface area contributed by atoms with Crippen LogP contribution in [0.2, 0.25) is 0 Å². The number of aromatic nitrogens is 4. The van der Waals surface area contributed by atoms with Gasteiger partial charge in [-0.25, -0.2) is 4.39 Å². The second-order valence-electron chi connectivity index (χ2n) is 5.49. The fraction of sp³-hybridized carbons (Fsp3) is 0.188. The smallest absolute Gasteiger partial charge is 0.198 e. The largest absolute Gasteiger partial charge is 0.507 e. The Labute approximate surface area is 130 Å². The van der Waals surface area contributed by atoms with Crippen molar-refractivity contribution in [2.24, 2.45) is 0 Å². The Morgan fingerprint density at radius 3 is 3.04 bits per heavy atom. The van der Waals surface area contributed by atoms with Crippen LogP contribution in [0.5, 0.6) is 5.75 Å². The summed E-state index contributed by atoms with van der Waals surface area (Å²) in [6.45, 7) is 0.852. The Morgan fingerprint density at radius 1 is 1.30 bits per heavy atom. The number of carbonyl (C=O) groups excluding carboxylic acids is 1. The maximum Gasteiger partial charge on any atom is 0.198 e. The molecule has 0 atom stereocenters. The third-order valence-corrected chi connectivity index (χ3v) is 4.00. The van der Waals surface area contributed by atoms with Crippen molar-refractivity contribution in [3.05, 3.63) is 53.2 Å². The van der Waals surface area contributed by atoms with Gasteiger partial charge >= 0.3 is 0 Å². The molecule has 7 heteroatoms. The number of phenolic OH excluding ortho intramolecular Hbond substituents is 1. The Morgan fingerprint density at radius 2 is 2.17 bits per heavy atom. The number of hydrogen-bond acceptors (Lipinski definition) is 4. The Balaban J connectivity index is 1.70. The van der Waals surface area contributed by atoms with Gasteiger partial charge in [0, 0.05) is 24.7 Å². The highest BCUT2D eigenvalue weighted by atomic mass is 19.1. The zero-order valence-corrected chi connectivity index (χ0v) is 12.1. The molecule has 0 unspecified atom stereocenters. The van der Waals surface area contributed by atoms with Gasteiger partial charge in [-0.3, -0.25) is 4.79 Å². The molecule has 0 saturated heterocycles. The Bertz CT molecular complexity index is 913. The number of nitrogens with one attached hydrogen (secondary N) is 1. The van der Waals surface area contributed by atoms with Crippen LogP contribution in [0, 0.1) is 5.82 Å². The van der Waals surface area contributed by atoms with Gasteiger partial charge in [-0.05, 0) is 30.7 Å². The van der Waals surface area contributed by atoms with E-state index >= 15 is 0 Å². The van der Waals surface area contributed by atoms with E-state index in [0.717, 1.165) is 37.3 Å². The van der Waals surface area contributed by atoms with Gasteiger partial charge < -0.3 is 14.7 Å². The highest BCUT2D eigenvalue weighted by molar-refractivity contribution is 6.11. The predicted octanol–water partition coefficient (Wildman–Crippen LogP) is 2.30. The van der Waals surface area contributed by atoms with Gasteiger partial charge in [-0.2, -0.15) is 0 Å². The number of hydrogen-bond donors (Lipinski definition) is 2. The number of fused-ring (bicyclic) bond motifs is 1. The number of halogens is 1. The van der Waals surface area contributed by atoms with Crippen molar-refractivity contribution in [2.75, 3.05) is 0 Å². The van der Waals surface area contributed by atoms with Crippen LogP contribution in [0.4, 0.5) is 4.39 Å². The molecule has 2 N–H and O–H groups in total. The van der Waals surface area contributed by atoms with Gasteiger partial charge in [-0.1, -0.05) is 0 Å². The van der Waals surface area contributed by atoms with Gasteiger partial charge in [-0.15, -0.1) is 10.2 Å². The minimum atomic E-state index is -0.572. The second kappa shape index (κ2) is 5.05. The van der Waals surface area contributed by atoms with E-state index in [1.807, 2.05) is 4.57 Å². The molecular weight excluding hydrogens is 299 g/mol. The van der Waals surface area contributed by atoms with Crippen molar-refractivity contribution in [2.45, 2.75) is 19.4 Å². The summed E-state index contributed by atoms with van der Waals surface area (Å²) in [4.78, 5) is 15.4. The van der Waals surface area contributed by atoms with E-state index in [-0.39, 0.29) is 11.3 Å². The van der Waals surface area contributed by atoms with E-state index in [2.05, 4.69) is 15.2 Å². The normalized spacial score (nSPS) is 13.3. The molecule has 1 aliphatic heterocycles. The van der Waals surface area contributed by atoms with Crippen LogP contribution in [0.1, 0.15) is 28.2 Å². The number of nitrogens with zero attached hydrogens (tertiary/aromatic N) is 3. The fourth-order valence-electron chi connectivity index (χ4n) is 2.85. The van der Waals surface area contributed by atoms with E-state index in [4.69, 9.17) is 0 Å². The van der Waals surface area contributed by atoms with Gasteiger partial charge in [0.15, 0.2) is 11.6 Å². The number of aryl methyl sites for hydroxylation is 1. The summed E-state index contributed by atoms with van der Waals surface area (Å²) in [7, 11) is 0. The van der Waals surface area contributed by atoms with E-state index in [0.29, 0.717) is 17.1 Å². The summed E-state index contributed by atoms with van der Waals surface area (Å²) in [5, 5.41) is 18.0. The van der Waals surface area contributed by atoms with Gasteiger partial charge in [0.2, 0.25) is 0 Å². The summed E-state index contributed by atoms with van der Waals surface area (Å²) < 4.78 is 15.3. The molecule has 1 aromatic carbocycles. The number of ketones is 1. The van der Waals surface area contributed by atoms with Crippen LogP contribution < -0.4 is 0 Å². The van der Waals surface area contributed by atoms with Crippen molar-refractivity contribution < 1.29 is 14.3 Å². The molecule has 23 heavy (non-hydrogen) atoms. The van der Waals surface area contributed by atoms with Crippen molar-refractivity contribution >= 4 is 5.78 Å².